The molecule has 0 aliphatic heterocycles. The minimum absolute atomic E-state index is 0.0559. The molecule has 1 N–H and O–H groups in total. The van der Waals surface area contributed by atoms with E-state index < -0.39 is 0 Å². The Hall–Kier alpha value is -0.770. The van der Waals surface area contributed by atoms with Gasteiger partial charge in [-0.3, -0.25) is 4.79 Å². The van der Waals surface area contributed by atoms with Crippen LogP contribution < -0.4 is 5.32 Å². The van der Waals surface area contributed by atoms with Gasteiger partial charge in [0.1, 0.15) is 0 Å². The maximum absolute atomic E-state index is 11.7. The number of hydrogen-bond donors (Lipinski definition) is 1. The van der Waals surface area contributed by atoms with Gasteiger partial charge in [-0.15, -0.1) is 0 Å². The van der Waals surface area contributed by atoms with Crippen molar-refractivity contribution in [1.29, 1.82) is 0 Å². The van der Waals surface area contributed by atoms with Crippen molar-refractivity contribution in [2.45, 2.75) is 39.2 Å². The number of halogens is 3. The maximum Gasteiger partial charge on any atom is 0.244 e. The van der Waals surface area contributed by atoms with Gasteiger partial charge in [-0.1, -0.05) is 55.3 Å². The van der Waals surface area contributed by atoms with E-state index in [0.29, 0.717) is 27.8 Å². The number of benzene rings is 1. The van der Waals surface area contributed by atoms with Gasteiger partial charge < -0.3 is 5.32 Å². The van der Waals surface area contributed by atoms with Crippen molar-refractivity contribution in [2.24, 2.45) is 11.8 Å². The van der Waals surface area contributed by atoms with E-state index in [2.05, 4.69) is 41.2 Å². The van der Waals surface area contributed by atoms with Crippen LogP contribution in [0.1, 0.15) is 38.7 Å². The molecule has 24 heavy (non-hydrogen) atoms. The van der Waals surface area contributed by atoms with Crippen molar-refractivity contribution in [1.82, 2.24) is 5.32 Å². The highest BCUT2D eigenvalue weighted by molar-refractivity contribution is 9.10. The summed E-state index contributed by atoms with van der Waals surface area (Å²) in [5.74, 6) is 1.29. The van der Waals surface area contributed by atoms with Crippen molar-refractivity contribution >= 4 is 45.0 Å². The van der Waals surface area contributed by atoms with Crippen LogP contribution in [0.3, 0.4) is 0 Å². The third kappa shape index (κ3) is 5.37. The fourth-order valence-corrected chi connectivity index (χ4v) is 3.12. The molecule has 1 aliphatic rings. The van der Waals surface area contributed by atoms with Crippen LogP contribution in [-0.2, 0) is 4.79 Å². The molecule has 3 atom stereocenters. The molecule has 130 valence electrons. The fraction of sp³-hybridized carbons (Fsp3) is 0.421. The van der Waals surface area contributed by atoms with E-state index in [0.717, 1.165) is 16.5 Å². The van der Waals surface area contributed by atoms with Crippen LogP contribution in [0.5, 0.6) is 0 Å². The second-order valence-corrected chi connectivity index (χ2v) is 8.20. The molecular weight excluding hydrogens is 409 g/mol. The number of amides is 1. The van der Waals surface area contributed by atoms with Gasteiger partial charge in [0.15, 0.2) is 0 Å². The number of carbonyl (C=O) groups is 1. The Labute approximate surface area is 162 Å². The third-order valence-electron chi connectivity index (χ3n) is 4.36. The van der Waals surface area contributed by atoms with Gasteiger partial charge in [0.25, 0.3) is 0 Å². The van der Waals surface area contributed by atoms with Gasteiger partial charge in [-0.05, 0) is 64.7 Å². The smallest absolute Gasteiger partial charge is 0.244 e. The minimum atomic E-state index is -0.0559. The fourth-order valence-electron chi connectivity index (χ4n) is 2.39. The van der Waals surface area contributed by atoms with E-state index in [9.17, 15) is 4.79 Å². The Morgan fingerprint density at radius 2 is 1.88 bits per heavy atom. The van der Waals surface area contributed by atoms with Crippen molar-refractivity contribution in [3.05, 3.63) is 56.5 Å². The summed E-state index contributed by atoms with van der Waals surface area (Å²) in [6, 6.07) is 4.10. The molecule has 0 spiro atoms. The van der Waals surface area contributed by atoms with Crippen LogP contribution in [-0.4, -0.2) is 11.9 Å². The van der Waals surface area contributed by atoms with E-state index in [4.69, 9.17) is 23.2 Å². The summed E-state index contributed by atoms with van der Waals surface area (Å²) in [6.45, 7) is 6.18. The van der Waals surface area contributed by atoms with E-state index >= 15 is 0 Å². The van der Waals surface area contributed by atoms with Crippen LogP contribution in [0.4, 0.5) is 0 Å². The van der Waals surface area contributed by atoms with E-state index in [1.54, 1.807) is 12.2 Å². The van der Waals surface area contributed by atoms with Crippen LogP contribution in [0, 0.1) is 11.8 Å². The highest BCUT2D eigenvalue weighted by Gasteiger charge is 2.36. The largest absolute Gasteiger partial charge is 0.350 e. The molecule has 0 saturated heterocycles. The number of carbonyl (C=O) groups excluding carboxylic acids is 1. The summed E-state index contributed by atoms with van der Waals surface area (Å²) in [7, 11) is 0. The third-order valence-corrected chi connectivity index (χ3v) is 6.27. The summed E-state index contributed by atoms with van der Waals surface area (Å²) in [6.07, 6.45) is 8.51. The van der Waals surface area contributed by atoms with Gasteiger partial charge in [-0.25, -0.2) is 0 Å². The van der Waals surface area contributed by atoms with Crippen molar-refractivity contribution in [3.8, 4) is 0 Å². The monoisotopic (exact) mass is 429 g/mol. The van der Waals surface area contributed by atoms with Gasteiger partial charge in [0.2, 0.25) is 5.91 Å². The van der Waals surface area contributed by atoms with Crippen molar-refractivity contribution < 1.29 is 4.79 Å². The molecule has 1 aromatic rings. The Bertz CT molecular complexity index is 646. The lowest BCUT2D eigenvalue weighted by molar-refractivity contribution is -0.117. The van der Waals surface area contributed by atoms with Crippen LogP contribution in [0.15, 0.2) is 40.9 Å². The average Bonchev–Trinajstić information content (AvgIpc) is 3.28. The SMILES string of the molecule is CC(C)C(C)NC(=O)/C=C/C=C/[C@@H]1C[C@H]1c1cc(Cl)c(Br)c(Cl)c1. The zero-order chi connectivity index (χ0) is 17.9. The molecule has 2 rings (SSSR count). The summed E-state index contributed by atoms with van der Waals surface area (Å²) in [4.78, 5) is 11.7. The molecule has 2 nitrogen and oxygen atoms in total. The molecule has 0 heterocycles. The summed E-state index contributed by atoms with van der Waals surface area (Å²) in [5, 5.41) is 4.23. The van der Waals surface area contributed by atoms with Crippen LogP contribution in [0.2, 0.25) is 10.0 Å². The Kier molecular flexibility index (Phi) is 6.97. The summed E-state index contributed by atoms with van der Waals surface area (Å²) in [5.41, 5.74) is 1.16. The lowest BCUT2D eigenvalue weighted by Crippen LogP contribution is -2.34. The standard InChI is InChI=1S/C19H22BrCl2NO/c1-11(2)12(3)23-18(24)7-5-4-6-13-8-15(13)14-9-16(21)19(20)17(22)10-14/h4-7,9-13,15H,8H2,1-3H3,(H,23,24)/b6-4+,7-5+/t12?,13-,15-/m1/s1. The topological polar surface area (TPSA) is 29.1 Å². The summed E-state index contributed by atoms with van der Waals surface area (Å²) >= 11 is 15.7. The van der Waals surface area contributed by atoms with Crippen LogP contribution in [0.25, 0.3) is 0 Å². The number of rotatable bonds is 6. The molecule has 0 bridgehead atoms. The van der Waals surface area contributed by atoms with Gasteiger partial charge in [-0.2, -0.15) is 0 Å². The summed E-state index contributed by atoms with van der Waals surface area (Å²) < 4.78 is 0.742. The second kappa shape index (κ2) is 8.55. The first-order valence-corrected chi connectivity index (χ1v) is 9.64. The first-order chi connectivity index (χ1) is 11.3. The van der Waals surface area contributed by atoms with Gasteiger partial charge in [0.05, 0.1) is 14.5 Å². The van der Waals surface area contributed by atoms with Gasteiger partial charge in [0, 0.05) is 12.1 Å². The Balaban J connectivity index is 1.85. The molecular formula is C19H22BrCl2NO. The zero-order valence-corrected chi connectivity index (χ0v) is 17.1. The first kappa shape index (κ1) is 19.6. The molecule has 1 fully saturated rings. The van der Waals surface area contributed by atoms with Crippen molar-refractivity contribution in [2.75, 3.05) is 0 Å². The number of hydrogen-bond acceptors (Lipinski definition) is 1. The zero-order valence-electron chi connectivity index (χ0n) is 14.0. The second-order valence-electron chi connectivity index (χ2n) is 6.59. The lowest BCUT2D eigenvalue weighted by atomic mass is 10.1. The number of allylic oxidation sites excluding steroid dienone is 3. The van der Waals surface area contributed by atoms with Crippen molar-refractivity contribution in [3.63, 3.8) is 0 Å². The normalized spacial score (nSPS) is 21.6. The molecule has 1 aliphatic carbocycles. The highest BCUT2D eigenvalue weighted by atomic mass is 79.9. The minimum Gasteiger partial charge on any atom is -0.350 e. The highest BCUT2D eigenvalue weighted by Crippen LogP contribution is 2.50. The van der Waals surface area contributed by atoms with Crippen LogP contribution >= 0.6 is 39.1 Å². The Morgan fingerprint density at radius 1 is 1.25 bits per heavy atom. The van der Waals surface area contributed by atoms with E-state index in [1.807, 2.05) is 25.1 Å². The average molecular weight is 431 g/mol. The molecule has 0 radical (unpaired) electrons. The maximum atomic E-state index is 11.7. The molecule has 0 aromatic heterocycles. The first-order valence-electron chi connectivity index (χ1n) is 8.09. The molecule has 1 amide bonds. The predicted molar refractivity (Wildman–Crippen MR) is 106 cm³/mol. The molecule has 1 aromatic carbocycles. The van der Waals surface area contributed by atoms with E-state index in [1.165, 1.54) is 0 Å². The predicted octanol–water partition coefficient (Wildman–Crippen LogP) is 6.13. The quantitative estimate of drug-likeness (QED) is 0.328. The lowest BCUT2D eigenvalue weighted by Gasteiger charge is -2.15. The molecule has 1 saturated carbocycles. The number of nitrogens with one attached hydrogen (secondary N) is 1. The Morgan fingerprint density at radius 3 is 2.46 bits per heavy atom. The molecule has 1 unspecified atom stereocenters. The van der Waals surface area contributed by atoms with E-state index in [-0.39, 0.29) is 11.9 Å². The van der Waals surface area contributed by atoms with Gasteiger partial charge >= 0.3 is 0 Å². The molecule has 5 heteroatoms.